The Morgan fingerprint density at radius 2 is 2.11 bits per heavy atom. The summed E-state index contributed by atoms with van der Waals surface area (Å²) < 4.78 is 5.53. The van der Waals surface area contributed by atoms with Gasteiger partial charge < -0.3 is 15.4 Å². The van der Waals surface area contributed by atoms with Gasteiger partial charge in [-0.3, -0.25) is 4.79 Å². The molecule has 19 heavy (non-hydrogen) atoms. The van der Waals surface area contributed by atoms with Crippen LogP contribution < -0.4 is 5.73 Å². The molecule has 1 saturated carbocycles. The second-order valence-corrected chi connectivity index (χ2v) is 5.87. The number of amides is 1. The predicted molar refractivity (Wildman–Crippen MR) is 78.4 cm³/mol. The quantitative estimate of drug-likeness (QED) is 0.759. The van der Waals surface area contributed by atoms with E-state index >= 15 is 0 Å². The van der Waals surface area contributed by atoms with Crippen LogP contribution >= 0.6 is 12.4 Å². The highest BCUT2D eigenvalue weighted by molar-refractivity contribution is 5.85. The SMILES string of the molecule is CC1CCN(C(=O)CCOCC2CC2)C(CN)C1.Cl. The maximum atomic E-state index is 12.1. The van der Waals surface area contributed by atoms with E-state index in [9.17, 15) is 4.79 Å². The van der Waals surface area contributed by atoms with Gasteiger partial charge in [-0.05, 0) is 37.5 Å². The first-order chi connectivity index (χ1) is 8.70. The minimum Gasteiger partial charge on any atom is -0.381 e. The van der Waals surface area contributed by atoms with Crippen LogP contribution in [0.2, 0.25) is 0 Å². The molecule has 1 saturated heterocycles. The van der Waals surface area contributed by atoms with Crippen LogP contribution in [0.1, 0.15) is 39.0 Å². The van der Waals surface area contributed by atoms with E-state index in [1.165, 1.54) is 12.8 Å². The number of halogens is 1. The van der Waals surface area contributed by atoms with Crippen molar-refractivity contribution in [3.8, 4) is 0 Å². The zero-order chi connectivity index (χ0) is 13.0. The lowest BCUT2D eigenvalue weighted by Crippen LogP contribution is -2.49. The highest BCUT2D eigenvalue weighted by Gasteiger charge is 2.28. The molecular weight excluding hydrogens is 264 g/mol. The molecule has 1 aliphatic carbocycles. The highest BCUT2D eigenvalue weighted by Crippen LogP contribution is 2.28. The minimum absolute atomic E-state index is 0. The summed E-state index contributed by atoms with van der Waals surface area (Å²) in [5.74, 6) is 1.68. The van der Waals surface area contributed by atoms with Gasteiger partial charge in [0.15, 0.2) is 0 Å². The molecule has 2 aliphatic rings. The van der Waals surface area contributed by atoms with Gasteiger partial charge in [-0.25, -0.2) is 0 Å². The fourth-order valence-corrected chi connectivity index (χ4v) is 2.64. The van der Waals surface area contributed by atoms with Crippen molar-refractivity contribution in [2.24, 2.45) is 17.6 Å². The second-order valence-electron chi connectivity index (χ2n) is 5.87. The molecular formula is C14H27ClN2O2. The van der Waals surface area contributed by atoms with Gasteiger partial charge in [0.1, 0.15) is 0 Å². The fourth-order valence-electron chi connectivity index (χ4n) is 2.64. The first-order valence-corrected chi connectivity index (χ1v) is 7.28. The van der Waals surface area contributed by atoms with Crippen LogP contribution in [0.15, 0.2) is 0 Å². The Labute approximate surface area is 122 Å². The van der Waals surface area contributed by atoms with Crippen LogP contribution in [0.3, 0.4) is 0 Å². The minimum atomic E-state index is 0. The van der Waals surface area contributed by atoms with Gasteiger partial charge in [-0.1, -0.05) is 6.92 Å². The Balaban J connectivity index is 0.00000180. The van der Waals surface area contributed by atoms with Gasteiger partial charge >= 0.3 is 0 Å². The molecule has 1 aliphatic heterocycles. The van der Waals surface area contributed by atoms with E-state index in [2.05, 4.69) is 6.92 Å². The van der Waals surface area contributed by atoms with E-state index < -0.39 is 0 Å². The standard InChI is InChI=1S/C14H26N2O2.ClH/c1-11-4-6-16(13(8-11)9-15)14(17)5-7-18-10-12-2-3-12;/h11-13H,2-10,15H2,1H3;1H. The van der Waals surface area contributed by atoms with E-state index in [0.29, 0.717) is 25.5 Å². The smallest absolute Gasteiger partial charge is 0.225 e. The average molecular weight is 291 g/mol. The maximum absolute atomic E-state index is 12.1. The lowest BCUT2D eigenvalue weighted by Gasteiger charge is -2.38. The first-order valence-electron chi connectivity index (χ1n) is 7.28. The highest BCUT2D eigenvalue weighted by atomic mass is 35.5. The van der Waals surface area contributed by atoms with Crippen LogP contribution in [0, 0.1) is 11.8 Å². The number of nitrogens with two attached hydrogens (primary N) is 1. The molecule has 0 bridgehead atoms. The molecule has 2 atom stereocenters. The first kappa shape index (κ1) is 16.7. The summed E-state index contributed by atoms with van der Waals surface area (Å²) in [6, 6.07) is 0.240. The fraction of sp³-hybridized carbons (Fsp3) is 0.929. The number of rotatable bonds is 6. The number of nitrogens with zero attached hydrogens (tertiary/aromatic N) is 1. The molecule has 2 unspecified atom stereocenters. The number of ether oxygens (including phenoxy) is 1. The molecule has 0 aromatic heterocycles. The summed E-state index contributed by atoms with van der Waals surface area (Å²) in [6.45, 7) is 5.09. The van der Waals surface area contributed by atoms with Gasteiger partial charge in [-0.15, -0.1) is 12.4 Å². The Kier molecular flexibility index (Phi) is 7.11. The zero-order valence-corrected chi connectivity index (χ0v) is 12.7. The molecule has 2 rings (SSSR count). The second kappa shape index (κ2) is 8.08. The van der Waals surface area contributed by atoms with E-state index in [4.69, 9.17) is 10.5 Å². The van der Waals surface area contributed by atoms with Crippen LogP contribution in [-0.2, 0) is 9.53 Å². The van der Waals surface area contributed by atoms with Crippen molar-refractivity contribution in [2.45, 2.75) is 45.1 Å². The Morgan fingerprint density at radius 3 is 2.74 bits per heavy atom. The van der Waals surface area contributed by atoms with E-state index in [1.807, 2.05) is 4.90 Å². The van der Waals surface area contributed by atoms with Crippen molar-refractivity contribution in [3.63, 3.8) is 0 Å². The molecule has 2 N–H and O–H groups in total. The number of carbonyl (C=O) groups excluding carboxylic acids is 1. The van der Waals surface area contributed by atoms with Crippen LogP contribution in [0.4, 0.5) is 0 Å². The predicted octanol–water partition coefficient (Wildman–Crippen LogP) is 1.81. The largest absolute Gasteiger partial charge is 0.381 e. The summed E-state index contributed by atoms with van der Waals surface area (Å²) in [5.41, 5.74) is 5.77. The third kappa shape index (κ3) is 5.28. The van der Waals surface area contributed by atoms with E-state index in [0.717, 1.165) is 31.9 Å². The average Bonchev–Trinajstić information content (AvgIpc) is 3.18. The van der Waals surface area contributed by atoms with Crippen molar-refractivity contribution in [3.05, 3.63) is 0 Å². The molecule has 112 valence electrons. The van der Waals surface area contributed by atoms with Crippen LogP contribution in [0.5, 0.6) is 0 Å². The van der Waals surface area contributed by atoms with Crippen molar-refractivity contribution < 1.29 is 9.53 Å². The molecule has 0 spiro atoms. The molecule has 2 fully saturated rings. The van der Waals surface area contributed by atoms with E-state index in [-0.39, 0.29) is 24.4 Å². The number of likely N-dealkylation sites (tertiary alicyclic amines) is 1. The third-order valence-corrected chi connectivity index (χ3v) is 4.08. The number of piperidine rings is 1. The van der Waals surface area contributed by atoms with Gasteiger partial charge in [-0.2, -0.15) is 0 Å². The lowest BCUT2D eigenvalue weighted by molar-refractivity contribution is -0.136. The van der Waals surface area contributed by atoms with Gasteiger partial charge in [0.25, 0.3) is 0 Å². The Morgan fingerprint density at radius 1 is 1.37 bits per heavy atom. The molecule has 1 amide bonds. The summed E-state index contributed by atoms with van der Waals surface area (Å²) in [6.07, 6.45) is 5.26. The molecule has 1 heterocycles. The van der Waals surface area contributed by atoms with Crippen molar-refractivity contribution in [1.29, 1.82) is 0 Å². The van der Waals surface area contributed by atoms with Crippen molar-refractivity contribution in [1.82, 2.24) is 4.90 Å². The number of carbonyl (C=O) groups is 1. The molecule has 0 aromatic rings. The van der Waals surface area contributed by atoms with Crippen molar-refractivity contribution >= 4 is 18.3 Å². The number of hydrogen-bond acceptors (Lipinski definition) is 3. The monoisotopic (exact) mass is 290 g/mol. The maximum Gasteiger partial charge on any atom is 0.225 e. The zero-order valence-electron chi connectivity index (χ0n) is 11.8. The molecule has 0 aromatic carbocycles. The summed E-state index contributed by atoms with van der Waals surface area (Å²) in [4.78, 5) is 14.1. The Bertz CT molecular complexity index is 285. The summed E-state index contributed by atoms with van der Waals surface area (Å²) >= 11 is 0. The number of hydrogen-bond donors (Lipinski definition) is 1. The van der Waals surface area contributed by atoms with Crippen LogP contribution in [-0.4, -0.2) is 43.2 Å². The topological polar surface area (TPSA) is 55.6 Å². The van der Waals surface area contributed by atoms with E-state index in [1.54, 1.807) is 0 Å². The van der Waals surface area contributed by atoms with Crippen LogP contribution in [0.25, 0.3) is 0 Å². The normalized spacial score (nSPS) is 26.9. The van der Waals surface area contributed by atoms with Gasteiger partial charge in [0.05, 0.1) is 13.0 Å². The molecule has 5 heteroatoms. The molecule has 0 radical (unpaired) electrons. The summed E-state index contributed by atoms with van der Waals surface area (Å²) in [7, 11) is 0. The Hall–Kier alpha value is -0.320. The lowest BCUT2D eigenvalue weighted by atomic mass is 9.92. The third-order valence-electron chi connectivity index (χ3n) is 4.08. The summed E-state index contributed by atoms with van der Waals surface area (Å²) in [5, 5.41) is 0. The van der Waals surface area contributed by atoms with Gasteiger partial charge in [0, 0.05) is 25.7 Å². The van der Waals surface area contributed by atoms with Crippen molar-refractivity contribution in [2.75, 3.05) is 26.3 Å². The molecule has 4 nitrogen and oxygen atoms in total. The van der Waals surface area contributed by atoms with Gasteiger partial charge in [0.2, 0.25) is 5.91 Å².